The molecule has 1 aromatic heterocycles. The first-order valence-electron chi connectivity index (χ1n) is 10.8. The standard InChI is InChI=1S/C24H26N4O2/c1-15-4-7-23-26-21(14-28(23)11-15)19-9-16-5-6-18(10-22(16)30-24(19)29)27-12-17-3-2-8-25-20(17)13-27/h4-7,9-11,14,17,20,23,25-26H,2-3,8,12-13H2,1H3. The average Bonchev–Trinajstić information content (AvgIpc) is 3.36. The van der Waals surface area contributed by atoms with Crippen molar-refractivity contribution in [2.75, 3.05) is 24.5 Å². The zero-order valence-corrected chi connectivity index (χ0v) is 17.1. The second-order valence-corrected chi connectivity index (χ2v) is 8.85. The maximum atomic E-state index is 12.8. The smallest absolute Gasteiger partial charge is 0.345 e. The summed E-state index contributed by atoms with van der Waals surface area (Å²) < 4.78 is 5.77. The maximum Gasteiger partial charge on any atom is 0.345 e. The summed E-state index contributed by atoms with van der Waals surface area (Å²) in [6.07, 6.45) is 10.8. The molecule has 3 atom stereocenters. The lowest BCUT2D eigenvalue weighted by atomic mass is 9.94. The van der Waals surface area contributed by atoms with Crippen LogP contribution >= 0.6 is 0 Å². The topological polar surface area (TPSA) is 60.8 Å². The summed E-state index contributed by atoms with van der Waals surface area (Å²) >= 11 is 0. The van der Waals surface area contributed by atoms with Gasteiger partial charge in [0.15, 0.2) is 0 Å². The van der Waals surface area contributed by atoms with Gasteiger partial charge in [-0.25, -0.2) is 4.79 Å². The zero-order valence-electron chi connectivity index (χ0n) is 17.1. The summed E-state index contributed by atoms with van der Waals surface area (Å²) in [5.41, 5.74) is 4.03. The number of benzene rings is 1. The minimum absolute atomic E-state index is 0.0495. The molecule has 4 aliphatic heterocycles. The first kappa shape index (κ1) is 17.8. The average molecular weight is 402 g/mol. The molecule has 154 valence electrons. The van der Waals surface area contributed by atoms with Gasteiger partial charge >= 0.3 is 5.63 Å². The van der Waals surface area contributed by atoms with Crippen molar-refractivity contribution >= 4 is 22.4 Å². The largest absolute Gasteiger partial charge is 0.422 e. The Kier molecular flexibility index (Phi) is 4.03. The third-order valence-corrected chi connectivity index (χ3v) is 6.77. The summed E-state index contributed by atoms with van der Waals surface area (Å²) in [6.45, 7) is 5.27. The summed E-state index contributed by atoms with van der Waals surface area (Å²) in [7, 11) is 0. The van der Waals surface area contributed by atoms with Gasteiger partial charge in [0.05, 0.1) is 11.3 Å². The molecule has 0 bridgehead atoms. The lowest BCUT2D eigenvalue weighted by Crippen LogP contribution is -2.40. The Morgan fingerprint density at radius 2 is 2.10 bits per heavy atom. The van der Waals surface area contributed by atoms with Crippen molar-refractivity contribution in [1.82, 2.24) is 15.5 Å². The quantitative estimate of drug-likeness (QED) is 0.753. The molecule has 2 fully saturated rings. The van der Waals surface area contributed by atoms with E-state index >= 15 is 0 Å². The Bertz CT molecular complexity index is 1150. The molecular weight excluding hydrogens is 376 g/mol. The summed E-state index contributed by atoms with van der Waals surface area (Å²) in [4.78, 5) is 17.3. The molecule has 6 nitrogen and oxygen atoms in total. The van der Waals surface area contributed by atoms with Gasteiger partial charge in [0, 0.05) is 48.7 Å². The van der Waals surface area contributed by atoms with Gasteiger partial charge in [0.1, 0.15) is 11.7 Å². The highest BCUT2D eigenvalue weighted by Gasteiger charge is 2.34. The van der Waals surface area contributed by atoms with E-state index in [1.807, 2.05) is 18.3 Å². The van der Waals surface area contributed by atoms with Crippen LogP contribution in [0.25, 0.3) is 16.7 Å². The molecule has 6 heteroatoms. The van der Waals surface area contributed by atoms with Crippen molar-refractivity contribution in [3.05, 3.63) is 70.4 Å². The SMILES string of the molecule is CC1=CN2C=C(c3cc4ccc(N5CC6CCCNC6C5)cc4oc3=O)NC2C=C1. The molecule has 1 aromatic carbocycles. The van der Waals surface area contributed by atoms with E-state index in [1.165, 1.54) is 18.4 Å². The fourth-order valence-corrected chi connectivity index (χ4v) is 5.18. The Hall–Kier alpha value is -2.99. The van der Waals surface area contributed by atoms with Crippen LogP contribution in [0.4, 0.5) is 5.69 Å². The molecule has 3 unspecified atom stereocenters. The fraction of sp³-hybridized carbons (Fsp3) is 0.375. The van der Waals surface area contributed by atoms with Crippen LogP contribution < -0.4 is 21.2 Å². The Morgan fingerprint density at radius 3 is 3.00 bits per heavy atom. The lowest BCUT2D eigenvalue weighted by molar-refractivity contribution is 0.340. The van der Waals surface area contributed by atoms with Crippen LogP contribution in [0.3, 0.4) is 0 Å². The van der Waals surface area contributed by atoms with Crippen molar-refractivity contribution in [3.8, 4) is 0 Å². The first-order valence-corrected chi connectivity index (χ1v) is 10.8. The molecule has 0 aliphatic carbocycles. The monoisotopic (exact) mass is 402 g/mol. The van der Waals surface area contributed by atoms with Gasteiger partial charge in [-0.05, 0) is 62.1 Å². The summed E-state index contributed by atoms with van der Waals surface area (Å²) in [6, 6.07) is 8.76. The van der Waals surface area contributed by atoms with Crippen molar-refractivity contribution in [2.24, 2.45) is 5.92 Å². The van der Waals surface area contributed by atoms with Crippen LogP contribution in [0, 0.1) is 5.92 Å². The molecular formula is C24H26N4O2. The lowest BCUT2D eigenvalue weighted by Gasteiger charge is -2.24. The molecule has 2 aromatic rings. The highest BCUT2D eigenvalue weighted by Crippen LogP contribution is 2.31. The van der Waals surface area contributed by atoms with Crippen molar-refractivity contribution in [2.45, 2.75) is 32.0 Å². The van der Waals surface area contributed by atoms with Crippen LogP contribution in [-0.2, 0) is 0 Å². The number of nitrogens with one attached hydrogen (secondary N) is 2. The number of piperidine rings is 1. The van der Waals surface area contributed by atoms with Crippen LogP contribution in [0.15, 0.2) is 63.6 Å². The van der Waals surface area contributed by atoms with E-state index in [0.29, 0.717) is 17.2 Å². The number of anilines is 1. The zero-order chi connectivity index (χ0) is 20.2. The van der Waals surface area contributed by atoms with Gasteiger partial charge in [0.25, 0.3) is 0 Å². The van der Waals surface area contributed by atoms with E-state index in [0.717, 1.165) is 42.3 Å². The number of allylic oxidation sites excluding steroid dienone is 2. The Labute approximate surface area is 175 Å². The highest BCUT2D eigenvalue weighted by molar-refractivity contribution is 5.84. The molecule has 0 amide bonds. The van der Waals surface area contributed by atoms with Gasteiger partial charge < -0.3 is 24.9 Å². The molecule has 0 radical (unpaired) electrons. The first-order chi connectivity index (χ1) is 14.6. The number of nitrogens with zero attached hydrogens (tertiary/aromatic N) is 2. The minimum Gasteiger partial charge on any atom is -0.422 e. The van der Waals surface area contributed by atoms with Crippen molar-refractivity contribution in [1.29, 1.82) is 0 Å². The van der Waals surface area contributed by atoms with E-state index in [1.54, 1.807) is 0 Å². The number of fused-ring (bicyclic) bond motifs is 3. The molecule has 6 rings (SSSR count). The molecule has 2 saturated heterocycles. The second kappa shape index (κ2) is 6.77. The van der Waals surface area contributed by atoms with E-state index < -0.39 is 0 Å². The van der Waals surface area contributed by atoms with Crippen LogP contribution in [0.2, 0.25) is 0 Å². The predicted octanol–water partition coefficient (Wildman–Crippen LogP) is 2.98. The molecule has 5 heterocycles. The van der Waals surface area contributed by atoms with Crippen LogP contribution in [0.1, 0.15) is 25.3 Å². The van der Waals surface area contributed by atoms with E-state index in [-0.39, 0.29) is 11.8 Å². The molecule has 4 aliphatic rings. The number of hydrogen-bond acceptors (Lipinski definition) is 6. The number of hydrogen-bond donors (Lipinski definition) is 2. The Morgan fingerprint density at radius 1 is 1.17 bits per heavy atom. The molecule has 0 spiro atoms. The van der Waals surface area contributed by atoms with Crippen molar-refractivity contribution in [3.63, 3.8) is 0 Å². The van der Waals surface area contributed by atoms with Crippen molar-refractivity contribution < 1.29 is 4.42 Å². The predicted molar refractivity (Wildman–Crippen MR) is 119 cm³/mol. The molecule has 30 heavy (non-hydrogen) atoms. The van der Waals surface area contributed by atoms with E-state index in [4.69, 9.17) is 4.42 Å². The van der Waals surface area contributed by atoms with Crippen LogP contribution in [0.5, 0.6) is 0 Å². The number of rotatable bonds is 2. The van der Waals surface area contributed by atoms with Gasteiger partial charge in [-0.15, -0.1) is 0 Å². The fourth-order valence-electron chi connectivity index (χ4n) is 5.18. The highest BCUT2D eigenvalue weighted by atomic mass is 16.4. The second-order valence-electron chi connectivity index (χ2n) is 8.85. The Balaban J connectivity index is 1.30. The minimum atomic E-state index is -0.306. The third kappa shape index (κ3) is 2.94. The summed E-state index contributed by atoms with van der Waals surface area (Å²) in [5.74, 6) is 0.717. The van der Waals surface area contributed by atoms with E-state index in [2.05, 4.69) is 57.8 Å². The van der Waals surface area contributed by atoms with Crippen LogP contribution in [-0.4, -0.2) is 36.7 Å². The van der Waals surface area contributed by atoms with Gasteiger partial charge in [-0.1, -0.05) is 6.08 Å². The maximum absolute atomic E-state index is 12.8. The third-order valence-electron chi connectivity index (χ3n) is 6.77. The van der Waals surface area contributed by atoms with Gasteiger partial charge in [-0.3, -0.25) is 0 Å². The normalized spacial score (nSPS) is 27.6. The van der Waals surface area contributed by atoms with Gasteiger partial charge in [-0.2, -0.15) is 0 Å². The van der Waals surface area contributed by atoms with Gasteiger partial charge in [0.2, 0.25) is 0 Å². The van der Waals surface area contributed by atoms with E-state index in [9.17, 15) is 4.79 Å². The molecule has 2 N–H and O–H groups in total. The molecule has 0 saturated carbocycles. The summed E-state index contributed by atoms with van der Waals surface area (Å²) in [5, 5.41) is 7.99.